The van der Waals surface area contributed by atoms with E-state index >= 15 is 0 Å². The number of rotatable bonds is 12. The zero-order valence-electron chi connectivity index (χ0n) is 22.0. The summed E-state index contributed by atoms with van der Waals surface area (Å²) in [5, 5.41) is 12.3. The minimum atomic E-state index is -1.36. The molecule has 1 unspecified atom stereocenters. The van der Waals surface area contributed by atoms with E-state index in [0.29, 0.717) is 6.42 Å². The Balaban J connectivity index is 2.46. The van der Waals surface area contributed by atoms with Crippen LogP contribution in [0.3, 0.4) is 0 Å². The molecule has 0 spiro atoms. The van der Waals surface area contributed by atoms with Gasteiger partial charge >= 0.3 is 24.0 Å². The normalized spacial score (nSPS) is 13.2. The number of aliphatic hydroxyl groups is 1. The van der Waals surface area contributed by atoms with Crippen LogP contribution in [-0.2, 0) is 39.8 Å². The van der Waals surface area contributed by atoms with Gasteiger partial charge in [0.25, 0.3) is 0 Å². The SMILES string of the molecule is CC(C)(C)OC(=O)N[C@@H](CC(=O)OCC(O)COC(=O)CCCc1ccccc1)C(=O)OC(C)(C)C. The molecule has 0 heterocycles. The molecule has 10 nitrogen and oxygen atoms in total. The van der Waals surface area contributed by atoms with E-state index in [1.54, 1.807) is 41.5 Å². The van der Waals surface area contributed by atoms with Crippen LogP contribution in [0.2, 0.25) is 0 Å². The summed E-state index contributed by atoms with van der Waals surface area (Å²) >= 11 is 0. The number of benzene rings is 1. The van der Waals surface area contributed by atoms with Gasteiger partial charge in [-0.05, 0) is 59.9 Å². The van der Waals surface area contributed by atoms with Gasteiger partial charge in [0.1, 0.15) is 36.6 Å². The smallest absolute Gasteiger partial charge is 0.408 e. The van der Waals surface area contributed by atoms with Crippen molar-refractivity contribution in [2.45, 2.75) is 90.6 Å². The van der Waals surface area contributed by atoms with Gasteiger partial charge in [0, 0.05) is 6.42 Å². The van der Waals surface area contributed by atoms with Crippen molar-refractivity contribution in [3.8, 4) is 0 Å². The largest absolute Gasteiger partial charge is 0.463 e. The van der Waals surface area contributed by atoms with Crippen LogP contribution >= 0.6 is 0 Å². The number of aryl methyl sites for hydroxylation is 1. The minimum absolute atomic E-state index is 0.190. The predicted molar refractivity (Wildman–Crippen MR) is 131 cm³/mol. The van der Waals surface area contributed by atoms with Crippen LogP contribution in [0, 0.1) is 0 Å². The third-order valence-corrected chi connectivity index (χ3v) is 4.32. The zero-order chi connectivity index (χ0) is 27.4. The van der Waals surface area contributed by atoms with Crippen molar-refractivity contribution in [2.75, 3.05) is 13.2 Å². The fourth-order valence-corrected chi connectivity index (χ4v) is 2.82. The molecule has 1 aromatic rings. The van der Waals surface area contributed by atoms with Gasteiger partial charge < -0.3 is 29.4 Å². The van der Waals surface area contributed by atoms with E-state index in [1.165, 1.54) is 0 Å². The predicted octanol–water partition coefficient (Wildman–Crippen LogP) is 3.08. The highest BCUT2D eigenvalue weighted by Gasteiger charge is 2.31. The molecule has 0 saturated carbocycles. The van der Waals surface area contributed by atoms with Gasteiger partial charge in [0.2, 0.25) is 0 Å². The number of hydrogen-bond donors (Lipinski definition) is 2. The lowest BCUT2D eigenvalue weighted by atomic mass is 10.1. The van der Waals surface area contributed by atoms with Crippen LogP contribution in [0.1, 0.15) is 66.4 Å². The molecule has 0 aliphatic rings. The molecule has 2 N–H and O–H groups in total. The molecule has 1 amide bonds. The first-order chi connectivity index (χ1) is 16.6. The third-order valence-electron chi connectivity index (χ3n) is 4.32. The first-order valence-electron chi connectivity index (χ1n) is 11.9. The number of esters is 3. The second-order valence-corrected chi connectivity index (χ2v) is 10.3. The number of nitrogens with one attached hydrogen (secondary N) is 1. The van der Waals surface area contributed by atoms with Crippen molar-refractivity contribution >= 4 is 24.0 Å². The molecule has 2 atom stereocenters. The van der Waals surface area contributed by atoms with E-state index in [1.807, 2.05) is 30.3 Å². The first kappa shape index (κ1) is 30.9. The van der Waals surface area contributed by atoms with Gasteiger partial charge in [-0.25, -0.2) is 9.59 Å². The average Bonchev–Trinajstić information content (AvgIpc) is 2.74. The maximum absolute atomic E-state index is 12.5. The lowest BCUT2D eigenvalue weighted by Crippen LogP contribution is -2.47. The molecule has 36 heavy (non-hydrogen) atoms. The van der Waals surface area contributed by atoms with E-state index < -0.39 is 60.4 Å². The molecule has 0 aromatic heterocycles. The fourth-order valence-electron chi connectivity index (χ4n) is 2.82. The second kappa shape index (κ2) is 14.4. The summed E-state index contributed by atoms with van der Waals surface area (Å²) in [6.07, 6.45) is -1.16. The number of amides is 1. The second-order valence-electron chi connectivity index (χ2n) is 10.3. The van der Waals surface area contributed by atoms with Crippen molar-refractivity contribution < 1.29 is 43.2 Å². The molecule has 10 heteroatoms. The van der Waals surface area contributed by atoms with E-state index in [0.717, 1.165) is 12.0 Å². The Morgan fingerprint density at radius 3 is 1.97 bits per heavy atom. The van der Waals surface area contributed by atoms with Crippen molar-refractivity contribution in [3.63, 3.8) is 0 Å². The summed E-state index contributed by atoms with van der Waals surface area (Å²) in [5.41, 5.74) is -0.551. The van der Waals surface area contributed by atoms with Crippen LogP contribution in [0.15, 0.2) is 30.3 Å². The molecule has 0 saturated heterocycles. The maximum atomic E-state index is 12.5. The Bertz CT molecular complexity index is 856. The van der Waals surface area contributed by atoms with E-state index in [-0.39, 0.29) is 13.0 Å². The van der Waals surface area contributed by atoms with Gasteiger partial charge in [0.15, 0.2) is 0 Å². The lowest BCUT2D eigenvalue weighted by Gasteiger charge is -2.26. The number of ether oxygens (including phenoxy) is 4. The van der Waals surface area contributed by atoms with E-state index in [2.05, 4.69) is 5.32 Å². The molecule has 1 aromatic carbocycles. The summed E-state index contributed by atoms with van der Waals surface area (Å²) in [6, 6.07) is 8.36. The Morgan fingerprint density at radius 2 is 1.42 bits per heavy atom. The molecular formula is C26H39NO9. The highest BCUT2D eigenvalue weighted by atomic mass is 16.6. The fraction of sp³-hybridized carbons (Fsp3) is 0.615. The van der Waals surface area contributed by atoms with Crippen LogP contribution in [0.4, 0.5) is 4.79 Å². The molecule has 0 aliphatic heterocycles. The Kier molecular flexibility index (Phi) is 12.4. The minimum Gasteiger partial charge on any atom is -0.463 e. The van der Waals surface area contributed by atoms with Gasteiger partial charge in [-0.3, -0.25) is 9.59 Å². The van der Waals surface area contributed by atoms with Crippen molar-refractivity contribution in [1.82, 2.24) is 5.32 Å². The number of carbonyl (C=O) groups excluding carboxylic acids is 4. The van der Waals surface area contributed by atoms with Crippen LogP contribution in [0.5, 0.6) is 0 Å². The summed E-state index contributed by atoms with van der Waals surface area (Å²) < 4.78 is 20.4. The Morgan fingerprint density at radius 1 is 0.861 bits per heavy atom. The summed E-state index contributed by atoms with van der Waals surface area (Å²) in [6.45, 7) is 9.10. The zero-order valence-corrected chi connectivity index (χ0v) is 22.0. The van der Waals surface area contributed by atoms with Gasteiger partial charge in [-0.1, -0.05) is 30.3 Å². The van der Waals surface area contributed by atoms with Gasteiger partial charge in [-0.15, -0.1) is 0 Å². The first-order valence-corrected chi connectivity index (χ1v) is 11.9. The summed E-state index contributed by atoms with van der Waals surface area (Å²) in [5.74, 6) is -2.17. The summed E-state index contributed by atoms with van der Waals surface area (Å²) in [4.78, 5) is 48.7. The van der Waals surface area contributed by atoms with Gasteiger partial charge in [0.05, 0.1) is 6.42 Å². The quantitative estimate of drug-likeness (QED) is 0.322. The third kappa shape index (κ3) is 15.0. The lowest BCUT2D eigenvalue weighted by molar-refractivity contribution is -0.162. The van der Waals surface area contributed by atoms with Crippen molar-refractivity contribution in [3.05, 3.63) is 35.9 Å². The number of alkyl carbamates (subject to hydrolysis) is 1. The number of carbonyl (C=O) groups is 4. The molecule has 0 radical (unpaired) electrons. The number of aliphatic hydroxyl groups excluding tert-OH is 1. The molecule has 0 bridgehead atoms. The standard InChI is InChI=1S/C26H39NO9/c1-25(2,3)35-23(31)20(27-24(32)36-26(4,5)6)15-22(30)34-17-19(28)16-33-21(29)14-10-13-18-11-8-7-9-12-18/h7-9,11-12,19-20,28H,10,13-17H2,1-6H3,(H,27,32)/t19?,20-/m0/s1. The molecule has 0 aliphatic carbocycles. The van der Waals surface area contributed by atoms with Crippen LogP contribution < -0.4 is 5.32 Å². The number of hydrogen-bond acceptors (Lipinski definition) is 9. The van der Waals surface area contributed by atoms with E-state index in [4.69, 9.17) is 18.9 Å². The van der Waals surface area contributed by atoms with Crippen LogP contribution in [0.25, 0.3) is 0 Å². The molecule has 202 valence electrons. The van der Waals surface area contributed by atoms with Crippen molar-refractivity contribution in [1.29, 1.82) is 0 Å². The molecule has 0 fully saturated rings. The van der Waals surface area contributed by atoms with E-state index in [9.17, 15) is 24.3 Å². The Hall–Kier alpha value is -3.14. The highest BCUT2D eigenvalue weighted by molar-refractivity contribution is 5.86. The van der Waals surface area contributed by atoms with Gasteiger partial charge in [-0.2, -0.15) is 0 Å². The highest BCUT2D eigenvalue weighted by Crippen LogP contribution is 2.12. The van der Waals surface area contributed by atoms with Crippen LogP contribution in [-0.4, -0.2) is 65.7 Å². The van der Waals surface area contributed by atoms with Crippen molar-refractivity contribution in [2.24, 2.45) is 0 Å². The molecule has 1 rings (SSSR count). The monoisotopic (exact) mass is 509 g/mol. The Labute approximate surface area is 212 Å². The average molecular weight is 510 g/mol. The maximum Gasteiger partial charge on any atom is 0.408 e. The molecular weight excluding hydrogens is 470 g/mol. The summed E-state index contributed by atoms with van der Waals surface area (Å²) in [7, 11) is 0. The topological polar surface area (TPSA) is 137 Å².